The third kappa shape index (κ3) is 15.5. The van der Waals surface area contributed by atoms with Crippen LogP contribution in [0.1, 0.15) is 101 Å². The van der Waals surface area contributed by atoms with Crippen molar-refractivity contribution in [2.75, 3.05) is 0 Å². The highest BCUT2D eigenvalue weighted by Crippen LogP contribution is 2.31. The van der Waals surface area contributed by atoms with Gasteiger partial charge in [-0.2, -0.15) is 0 Å². The summed E-state index contributed by atoms with van der Waals surface area (Å²) >= 11 is 0. The molecule has 0 saturated heterocycles. The van der Waals surface area contributed by atoms with E-state index in [-0.39, 0.29) is 11.2 Å². The molecule has 0 aliphatic rings. The van der Waals surface area contributed by atoms with Crippen molar-refractivity contribution < 1.29 is 38.9 Å². The van der Waals surface area contributed by atoms with Crippen LogP contribution in [0.5, 0.6) is 0 Å². The molecule has 0 radical (unpaired) electrons. The van der Waals surface area contributed by atoms with Gasteiger partial charge in [0.15, 0.2) is 0 Å². The molecule has 8 heteroatoms. The Morgan fingerprint density at radius 3 is 0.875 bits per heavy atom. The number of hydrogen-bond acceptors (Lipinski definition) is 8. The SMILES string of the molecule is CC(C)(C)OOC(C)(C)C.CC(C)(OOC(C)(C)c1ccccc1)c1ccccc1.O=C(OOC(=O)c1ccccc1)c1ccccc1. The summed E-state index contributed by atoms with van der Waals surface area (Å²) in [7, 11) is 0. The molecule has 0 aromatic heterocycles. The molecule has 258 valence electrons. The summed E-state index contributed by atoms with van der Waals surface area (Å²) in [5.41, 5.74) is 1.39. The first-order valence-electron chi connectivity index (χ1n) is 15.8. The average molecular weight is 659 g/mol. The maximum Gasteiger partial charge on any atom is 0.386 e. The van der Waals surface area contributed by atoms with E-state index in [0.29, 0.717) is 11.1 Å². The minimum absolute atomic E-state index is 0.215. The zero-order valence-corrected chi connectivity index (χ0v) is 29.8. The molecule has 8 nitrogen and oxygen atoms in total. The summed E-state index contributed by atoms with van der Waals surface area (Å²) in [4.78, 5) is 53.5. The summed E-state index contributed by atoms with van der Waals surface area (Å²) in [5.74, 6) is -1.42. The van der Waals surface area contributed by atoms with Crippen LogP contribution in [0.25, 0.3) is 0 Å². The lowest BCUT2D eigenvalue weighted by Gasteiger charge is -2.31. The van der Waals surface area contributed by atoms with Gasteiger partial charge in [0, 0.05) is 0 Å². The van der Waals surface area contributed by atoms with Gasteiger partial charge >= 0.3 is 11.9 Å². The van der Waals surface area contributed by atoms with E-state index in [4.69, 9.17) is 19.6 Å². The summed E-state index contributed by atoms with van der Waals surface area (Å²) in [6.07, 6.45) is 0. The monoisotopic (exact) mass is 658 g/mol. The minimum Gasteiger partial charge on any atom is -0.242 e. The normalized spacial score (nSPS) is 11.6. The molecule has 4 rings (SSSR count). The summed E-state index contributed by atoms with van der Waals surface area (Å²) < 4.78 is 0. The fourth-order valence-electron chi connectivity index (χ4n) is 3.55. The highest BCUT2D eigenvalue weighted by atomic mass is 17.2. The van der Waals surface area contributed by atoms with Crippen molar-refractivity contribution in [2.24, 2.45) is 0 Å². The van der Waals surface area contributed by atoms with Crippen LogP contribution in [0.2, 0.25) is 0 Å². The summed E-state index contributed by atoms with van der Waals surface area (Å²) in [5, 5.41) is 0. The minimum atomic E-state index is -0.708. The van der Waals surface area contributed by atoms with E-state index in [1.165, 1.54) is 0 Å². The molecule has 0 aliphatic carbocycles. The Hall–Kier alpha value is -4.34. The molecule has 0 bridgehead atoms. The lowest BCUT2D eigenvalue weighted by atomic mass is 9.98. The molecular weight excluding hydrogens is 608 g/mol. The molecule has 4 aromatic carbocycles. The third-order valence-electron chi connectivity index (χ3n) is 6.15. The van der Waals surface area contributed by atoms with E-state index < -0.39 is 23.1 Å². The van der Waals surface area contributed by atoms with Crippen LogP contribution in [0.4, 0.5) is 0 Å². The van der Waals surface area contributed by atoms with Crippen molar-refractivity contribution in [3.05, 3.63) is 144 Å². The molecule has 0 saturated carbocycles. The lowest BCUT2D eigenvalue weighted by Crippen LogP contribution is -2.29. The Morgan fingerprint density at radius 1 is 0.375 bits per heavy atom. The van der Waals surface area contributed by atoms with Gasteiger partial charge in [-0.1, -0.05) is 97.1 Å². The molecule has 0 aliphatic heterocycles. The molecule has 0 unspecified atom stereocenters. The first-order valence-corrected chi connectivity index (χ1v) is 15.8. The van der Waals surface area contributed by atoms with Crippen LogP contribution in [0.15, 0.2) is 121 Å². The van der Waals surface area contributed by atoms with E-state index in [0.717, 1.165) is 11.1 Å². The molecule has 4 aromatic rings. The summed E-state index contributed by atoms with van der Waals surface area (Å²) in [6.45, 7) is 19.8. The fraction of sp³-hybridized carbons (Fsp3) is 0.350. The Labute approximate surface area is 285 Å². The highest BCUT2D eigenvalue weighted by Gasteiger charge is 2.29. The van der Waals surface area contributed by atoms with Crippen LogP contribution < -0.4 is 0 Å². The lowest BCUT2D eigenvalue weighted by molar-refractivity contribution is -0.410. The first-order chi connectivity index (χ1) is 22.4. The van der Waals surface area contributed by atoms with Gasteiger partial charge in [0.1, 0.15) is 11.2 Å². The topological polar surface area (TPSA) is 89.5 Å². The second-order valence-electron chi connectivity index (χ2n) is 13.8. The number of rotatable bonds is 8. The van der Waals surface area contributed by atoms with Crippen molar-refractivity contribution in [2.45, 2.75) is 91.6 Å². The first kappa shape index (κ1) is 39.8. The zero-order valence-electron chi connectivity index (χ0n) is 29.8. The number of benzene rings is 4. The van der Waals surface area contributed by atoms with Crippen molar-refractivity contribution in [3.63, 3.8) is 0 Å². The molecule has 48 heavy (non-hydrogen) atoms. The molecule has 0 fully saturated rings. The van der Waals surface area contributed by atoms with Gasteiger partial charge in [-0.25, -0.2) is 38.9 Å². The van der Waals surface area contributed by atoms with E-state index in [1.807, 2.05) is 130 Å². The molecule has 0 atom stereocenters. The van der Waals surface area contributed by atoms with E-state index >= 15 is 0 Å². The Bertz CT molecular complexity index is 1370. The Balaban J connectivity index is 0.000000265. The Morgan fingerprint density at radius 2 is 0.625 bits per heavy atom. The zero-order chi connectivity index (χ0) is 35.8. The number of carbonyl (C=O) groups excluding carboxylic acids is 2. The van der Waals surface area contributed by atoms with Crippen LogP contribution in [0.3, 0.4) is 0 Å². The van der Waals surface area contributed by atoms with Gasteiger partial charge in [-0.3, -0.25) is 0 Å². The van der Waals surface area contributed by atoms with E-state index in [2.05, 4.69) is 9.78 Å². The van der Waals surface area contributed by atoms with Crippen molar-refractivity contribution in [3.8, 4) is 0 Å². The second-order valence-corrected chi connectivity index (χ2v) is 13.8. The van der Waals surface area contributed by atoms with Crippen LogP contribution >= 0.6 is 0 Å². The fourth-order valence-corrected chi connectivity index (χ4v) is 3.55. The molecule has 0 N–H and O–H groups in total. The van der Waals surface area contributed by atoms with Gasteiger partial charge in [0.25, 0.3) is 0 Å². The second kappa shape index (κ2) is 18.3. The van der Waals surface area contributed by atoms with E-state index in [1.54, 1.807) is 60.7 Å². The van der Waals surface area contributed by atoms with Crippen LogP contribution in [0, 0.1) is 0 Å². The predicted octanol–water partition coefficient (Wildman–Crippen LogP) is 9.95. The van der Waals surface area contributed by atoms with Crippen molar-refractivity contribution in [1.29, 1.82) is 0 Å². The van der Waals surface area contributed by atoms with Crippen molar-refractivity contribution >= 4 is 11.9 Å². The standard InChI is InChI=1S/C18H22O2.C14H10O4.C8H18O2/c1-17(2,15-11-7-5-8-12-15)19-20-18(3,4)16-13-9-6-10-14-16;15-13(11-7-3-1-4-8-11)17-18-14(16)12-9-5-2-6-10-12;1-7(2,3)9-10-8(4,5)6/h5-14H,1-4H3;1-10H;1-6H3. The molecule has 0 spiro atoms. The summed E-state index contributed by atoms with van der Waals surface area (Å²) in [6, 6.07) is 36.7. The Kier molecular flexibility index (Phi) is 15.2. The smallest absolute Gasteiger partial charge is 0.242 e. The van der Waals surface area contributed by atoms with Crippen LogP contribution in [-0.2, 0) is 40.5 Å². The van der Waals surface area contributed by atoms with Gasteiger partial charge in [-0.15, -0.1) is 0 Å². The van der Waals surface area contributed by atoms with Crippen LogP contribution in [-0.4, -0.2) is 23.1 Å². The van der Waals surface area contributed by atoms with Gasteiger partial charge in [0.05, 0.1) is 22.3 Å². The average Bonchev–Trinajstić information content (AvgIpc) is 3.07. The molecular formula is C40H50O8. The maximum atomic E-state index is 11.5. The third-order valence-corrected chi connectivity index (χ3v) is 6.15. The maximum absolute atomic E-state index is 11.5. The van der Waals surface area contributed by atoms with Crippen molar-refractivity contribution in [1.82, 2.24) is 0 Å². The van der Waals surface area contributed by atoms with Gasteiger partial charge in [-0.05, 0) is 105 Å². The number of hydrogen-bond donors (Lipinski definition) is 0. The number of carbonyl (C=O) groups is 2. The molecule has 0 heterocycles. The predicted molar refractivity (Wildman–Crippen MR) is 186 cm³/mol. The van der Waals surface area contributed by atoms with Gasteiger partial charge in [0.2, 0.25) is 0 Å². The largest absolute Gasteiger partial charge is 0.386 e. The quantitative estimate of drug-likeness (QED) is 0.137. The molecule has 0 amide bonds. The van der Waals surface area contributed by atoms with E-state index in [9.17, 15) is 9.59 Å². The van der Waals surface area contributed by atoms with Gasteiger partial charge < -0.3 is 0 Å². The highest BCUT2D eigenvalue weighted by molar-refractivity contribution is 5.92.